The van der Waals surface area contributed by atoms with Crippen molar-refractivity contribution in [3.8, 4) is 0 Å². The van der Waals surface area contributed by atoms with Gasteiger partial charge in [-0.2, -0.15) is 0 Å². The number of rotatable bonds is 6. The molecule has 7 heteroatoms. The van der Waals surface area contributed by atoms with E-state index in [0.717, 1.165) is 0 Å². The third-order valence-corrected chi connectivity index (χ3v) is 2.81. The van der Waals surface area contributed by atoms with Crippen LogP contribution in [-0.4, -0.2) is 24.3 Å². The number of anilines is 1. The van der Waals surface area contributed by atoms with Gasteiger partial charge < -0.3 is 14.8 Å². The number of carbonyl (C=O) groups is 3. The summed E-state index contributed by atoms with van der Waals surface area (Å²) in [5, 5.41) is 3.22. The van der Waals surface area contributed by atoms with E-state index in [0.29, 0.717) is 15.7 Å². The van der Waals surface area contributed by atoms with Crippen molar-refractivity contribution in [2.75, 3.05) is 11.9 Å². The number of hydrogen-bond acceptors (Lipinski definition) is 4. The molecule has 1 amide bonds. The number of halogens is 2. The molecule has 0 aliphatic carbocycles. The van der Waals surface area contributed by atoms with Gasteiger partial charge in [0.15, 0.2) is 6.61 Å². The van der Waals surface area contributed by atoms with Crippen molar-refractivity contribution in [1.82, 2.24) is 0 Å². The lowest BCUT2D eigenvalue weighted by molar-refractivity contribution is -0.148. The summed E-state index contributed by atoms with van der Waals surface area (Å²) in [7, 11) is 0. The standard InChI is InChI=1S/C13H13Cl2NO4/c1-8(17)2-5-13(19)20-7-12(18)16-11-6-9(14)3-4-10(11)15/h3-4,6H,2,5,7H2,1H3,(H,16,18). The number of amides is 1. The first-order chi connectivity index (χ1) is 9.38. The van der Waals surface area contributed by atoms with Crippen molar-refractivity contribution in [2.45, 2.75) is 19.8 Å². The van der Waals surface area contributed by atoms with E-state index < -0.39 is 18.5 Å². The Bertz CT molecular complexity index is 531. The van der Waals surface area contributed by atoms with E-state index in [-0.39, 0.29) is 18.6 Å². The highest BCUT2D eigenvalue weighted by molar-refractivity contribution is 6.35. The fourth-order valence-corrected chi connectivity index (χ4v) is 1.61. The third kappa shape index (κ3) is 6.04. The molecule has 1 aromatic carbocycles. The lowest BCUT2D eigenvalue weighted by Crippen LogP contribution is -2.21. The van der Waals surface area contributed by atoms with Crippen molar-refractivity contribution in [3.05, 3.63) is 28.2 Å². The maximum atomic E-state index is 11.6. The number of Topliss-reactive ketones (excluding diaryl/α,β-unsaturated/α-hetero) is 1. The van der Waals surface area contributed by atoms with Crippen LogP contribution in [0.25, 0.3) is 0 Å². The Hall–Kier alpha value is -1.59. The molecule has 0 unspecified atom stereocenters. The SMILES string of the molecule is CC(=O)CCC(=O)OCC(=O)Nc1cc(Cl)ccc1Cl. The number of hydrogen-bond donors (Lipinski definition) is 1. The number of ketones is 1. The fraction of sp³-hybridized carbons (Fsp3) is 0.308. The summed E-state index contributed by atoms with van der Waals surface area (Å²) >= 11 is 11.6. The van der Waals surface area contributed by atoms with Gasteiger partial charge in [0.25, 0.3) is 5.91 Å². The minimum absolute atomic E-state index is 0.0411. The van der Waals surface area contributed by atoms with Crippen LogP contribution in [0.5, 0.6) is 0 Å². The smallest absolute Gasteiger partial charge is 0.306 e. The van der Waals surface area contributed by atoms with Crippen molar-refractivity contribution in [1.29, 1.82) is 0 Å². The Balaban J connectivity index is 2.42. The van der Waals surface area contributed by atoms with Crippen molar-refractivity contribution in [2.24, 2.45) is 0 Å². The number of carbonyl (C=O) groups excluding carboxylic acids is 3. The zero-order valence-electron chi connectivity index (χ0n) is 10.7. The maximum absolute atomic E-state index is 11.6. The molecule has 0 atom stereocenters. The number of nitrogens with one attached hydrogen (secondary N) is 1. The molecule has 0 fully saturated rings. The molecule has 0 aliphatic rings. The van der Waals surface area contributed by atoms with Crippen molar-refractivity contribution in [3.63, 3.8) is 0 Å². The normalized spacial score (nSPS) is 9.95. The molecule has 1 N–H and O–H groups in total. The third-order valence-electron chi connectivity index (χ3n) is 2.25. The summed E-state index contributed by atoms with van der Waals surface area (Å²) in [5.41, 5.74) is 0.337. The Kier molecular flexibility index (Phi) is 6.48. The van der Waals surface area contributed by atoms with E-state index in [2.05, 4.69) is 5.32 Å². The summed E-state index contributed by atoms with van der Waals surface area (Å²) in [6, 6.07) is 4.61. The van der Waals surface area contributed by atoms with Gasteiger partial charge in [-0.1, -0.05) is 23.2 Å². The van der Waals surface area contributed by atoms with E-state index in [1.54, 1.807) is 12.1 Å². The van der Waals surface area contributed by atoms with Crippen molar-refractivity contribution >= 4 is 46.5 Å². The summed E-state index contributed by atoms with van der Waals surface area (Å²) in [4.78, 5) is 33.5. The van der Waals surface area contributed by atoms with Gasteiger partial charge >= 0.3 is 5.97 Å². The minimum Gasteiger partial charge on any atom is -0.456 e. The molecule has 20 heavy (non-hydrogen) atoms. The quantitative estimate of drug-likeness (QED) is 0.819. The molecule has 0 saturated heterocycles. The van der Waals surface area contributed by atoms with E-state index >= 15 is 0 Å². The first kappa shape index (κ1) is 16.5. The van der Waals surface area contributed by atoms with Crippen LogP contribution in [0, 0.1) is 0 Å². The molecular formula is C13H13Cl2NO4. The zero-order chi connectivity index (χ0) is 15.1. The second-order valence-corrected chi connectivity index (χ2v) is 4.88. The molecule has 1 aromatic rings. The first-order valence-corrected chi connectivity index (χ1v) is 6.54. The van der Waals surface area contributed by atoms with Crippen LogP contribution in [0.2, 0.25) is 10.0 Å². The van der Waals surface area contributed by atoms with E-state index in [1.165, 1.54) is 13.0 Å². The molecule has 0 aromatic heterocycles. The Morgan fingerprint density at radius 1 is 1.20 bits per heavy atom. The van der Waals surface area contributed by atoms with Gasteiger partial charge in [-0.05, 0) is 25.1 Å². The van der Waals surface area contributed by atoms with E-state index in [1.807, 2.05) is 0 Å². The van der Waals surface area contributed by atoms with E-state index in [9.17, 15) is 14.4 Å². The average molecular weight is 318 g/mol. The van der Waals surface area contributed by atoms with Gasteiger partial charge in [0.2, 0.25) is 0 Å². The average Bonchev–Trinajstić information content (AvgIpc) is 2.38. The Morgan fingerprint density at radius 3 is 2.55 bits per heavy atom. The lowest BCUT2D eigenvalue weighted by atomic mass is 10.2. The number of esters is 1. The zero-order valence-corrected chi connectivity index (χ0v) is 12.3. The second kappa shape index (κ2) is 7.87. The lowest BCUT2D eigenvalue weighted by Gasteiger charge is -2.08. The van der Waals surface area contributed by atoms with Crippen LogP contribution in [0.15, 0.2) is 18.2 Å². The highest BCUT2D eigenvalue weighted by Crippen LogP contribution is 2.25. The molecule has 5 nitrogen and oxygen atoms in total. The Morgan fingerprint density at radius 2 is 1.90 bits per heavy atom. The van der Waals surface area contributed by atoms with Crippen LogP contribution in [0.1, 0.15) is 19.8 Å². The van der Waals surface area contributed by atoms with Crippen molar-refractivity contribution < 1.29 is 19.1 Å². The van der Waals surface area contributed by atoms with Crippen LogP contribution in [0.3, 0.4) is 0 Å². The van der Waals surface area contributed by atoms with Gasteiger partial charge in [-0.15, -0.1) is 0 Å². The molecule has 108 valence electrons. The van der Waals surface area contributed by atoms with Gasteiger partial charge in [0.05, 0.1) is 17.1 Å². The first-order valence-electron chi connectivity index (χ1n) is 5.78. The second-order valence-electron chi connectivity index (χ2n) is 4.04. The molecule has 0 aliphatic heterocycles. The molecule has 0 radical (unpaired) electrons. The predicted molar refractivity (Wildman–Crippen MR) is 76.0 cm³/mol. The number of ether oxygens (including phenoxy) is 1. The van der Waals surface area contributed by atoms with Crippen LogP contribution >= 0.6 is 23.2 Å². The Labute approximate surface area is 126 Å². The summed E-state index contributed by atoms with van der Waals surface area (Å²) in [6.45, 7) is 0.931. The molecule has 0 bridgehead atoms. The van der Waals surface area contributed by atoms with Gasteiger partial charge in [0, 0.05) is 11.4 Å². The highest BCUT2D eigenvalue weighted by Gasteiger charge is 2.10. The minimum atomic E-state index is -0.604. The largest absolute Gasteiger partial charge is 0.456 e. The predicted octanol–water partition coefficient (Wildman–Crippen LogP) is 2.84. The molecular weight excluding hydrogens is 305 g/mol. The summed E-state index contributed by atoms with van der Waals surface area (Å²) in [5.74, 6) is -1.25. The molecule has 0 spiro atoms. The molecule has 1 rings (SSSR count). The summed E-state index contributed by atoms with van der Waals surface area (Å²) < 4.78 is 4.72. The van der Waals surface area contributed by atoms with Crippen LogP contribution in [0.4, 0.5) is 5.69 Å². The summed E-state index contributed by atoms with van der Waals surface area (Å²) in [6.07, 6.45) is 0.0567. The van der Waals surface area contributed by atoms with Gasteiger partial charge in [-0.25, -0.2) is 0 Å². The van der Waals surface area contributed by atoms with Gasteiger partial charge in [-0.3, -0.25) is 9.59 Å². The van der Waals surface area contributed by atoms with Gasteiger partial charge in [0.1, 0.15) is 5.78 Å². The molecule has 0 heterocycles. The number of benzene rings is 1. The van der Waals surface area contributed by atoms with Crippen LogP contribution in [-0.2, 0) is 19.1 Å². The topological polar surface area (TPSA) is 72.5 Å². The maximum Gasteiger partial charge on any atom is 0.306 e. The monoisotopic (exact) mass is 317 g/mol. The fourth-order valence-electron chi connectivity index (χ4n) is 1.28. The van der Waals surface area contributed by atoms with Crippen LogP contribution < -0.4 is 5.32 Å². The van der Waals surface area contributed by atoms with E-state index in [4.69, 9.17) is 27.9 Å². The molecule has 0 saturated carbocycles. The highest BCUT2D eigenvalue weighted by atomic mass is 35.5.